The molecule has 6 N–H and O–H groups in total. The first-order chi connectivity index (χ1) is 38.5. The Balaban J connectivity index is 1.46. The minimum Gasteiger partial charge on any atom is -0.390 e. The number of aryl methyl sites for hydroxylation is 1. The van der Waals surface area contributed by atoms with E-state index in [1.807, 2.05) is 30.4 Å². The summed E-state index contributed by atoms with van der Waals surface area (Å²) in [7, 11) is 4.07. The number of rotatable bonds is 13. The maximum atomic E-state index is 14.7. The summed E-state index contributed by atoms with van der Waals surface area (Å²) in [5.41, 5.74) is 2.25. The summed E-state index contributed by atoms with van der Waals surface area (Å²) < 4.78 is 61.1. The van der Waals surface area contributed by atoms with Gasteiger partial charge in [0.25, 0.3) is 0 Å². The second-order valence-corrected chi connectivity index (χ2v) is 25.5. The minimum atomic E-state index is -4.75. The van der Waals surface area contributed by atoms with Crippen LogP contribution < -0.4 is 31.9 Å². The summed E-state index contributed by atoms with van der Waals surface area (Å²) in [6.45, 7) is 37.2. The number of halogens is 4. The van der Waals surface area contributed by atoms with Crippen molar-refractivity contribution in [2.24, 2.45) is 28.7 Å². The third kappa shape index (κ3) is 20.3. The van der Waals surface area contributed by atoms with E-state index in [1.54, 1.807) is 6.20 Å². The van der Waals surface area contributed by atoms with E-state index >= 15 is 0 Å². The van der Waals surface area contributed by atoms with Crippen molar-refractivity contribution in [3.05, 3.63) is 83.6 Å². The molecule has 0 bridgehead atoms. The maximum absolute atomic E-state index is 14.7. The van der Waals surface area contributed by atoms with E-state index in [0.29, 0.717) is 110 Å². The van der Waals surface area contributed by atoms with Gasteiger partial charge in [0.15, 0.2) is 0 Å². The zero-order valence-corrected chi connectivity index (χ0v) is 53.0. The highest BCUT2D eigenvalue weighted by Crippen LogP contribution is 2.40. The number of nitrogens with zero attached hydrogens (tertiary/aromatic N) is 5. The first-order valence-corrected chi connectivity index (χ1v) is 31.7. The first kappa shape index (κ1) is 68.3. The van der Waals surface area contributed by atoms with Crippen LogP contribution in [0.4, 0.5) is 17.6 Å². The van der Waals surface area contributed by atoms with Crippen LogP contribution in [-0.2, 0) is 17.3 Å². The van der Waals surface area contributed by atoms with Gasteiger partial charge in [-0.3, -0.25) is 9.89 Å². The van der Waals surface area contributed by atoms with E-state index in [2.05, 4.69) is 156 Å². The van der Waals surface area contributed by atoms with Gasteiger partial charge in [0.05, 0.1) is 17.9 Å². The lowest BCUT2D eigenvalue weighted by Gasteiger charge is -2.60. The Morgan fingerprint density at radius 3 is 2.23 bits per heavy atom. The second kappa shape index (κ2) is 33.3. The van der Waals surface area contributed by atoms with Crippen molar-refractivity contribution < 1.29 is 22.3 Å². The smallest absolute Gasteiger partial charge is 0.390 e. The molecule has 81 heavy (non-hydrogen) atoms. The number of nitrogens with one attached hydrogen (secondary N) is 6. The monoisotopic (exact) mass is 1140 g/mol. The van der Waals surface area contributed by atoms with E-state index in [1.165, 1.54) is 24.6 Å². The second-order valence-electron chi connectivity index (χ2n) is 25.5. The zero-order valence-electron chi connectivity index (χ0n) is 53.0. The van der Waals surface area contributed by atoms with Crippen molar-refractivity contribution >= 4 is 5.71 Å². The topological polar surface area (TPSA) is 107 Å². The molecule has 1 aromatic carbocycles. The van der Waals surface area contributed by atoms with Crippen LogP contribution in [0.25, 0.3) is 0 Å². The van der Waals surface area contributed by atoms with Crippen LogP contribution in [-0.4, -0.2) is 152 Å². The third-order valence-electron chi connectivity index (χ3n) is 18.8. The summed E-state index contributed by atoms with van der Waals surface area (Å²) in [6.07, 6.45) is 18.8. The molecule has 0 aromatic heterocycles. The average molecular weight is 1140 g/mol. The van der Waals surface area contributed by atoms with Crippen molar-refractivity contribution in [1.82, 2.24) is 51.5 Å². The molecule has 1 aromatic rings. The molecule has 0 amide bonds. The summed E-state index contributed by atoms with van der Waals surface area (Å²) in [5, 5.41) is 24.1. The molecule has 462 valence electrons. The number of fused-ring (bicyclic) bond motifs is 2. The van der Waals surface area contributed by atoms with Crippen LogP contribution >= 0.6 is 0 Å². The van der Waals surface area contributed by atoms with Gasteiger partial charge in [0.2, 0.25) is 0 Å². The highest BCUT2D eigenvalue weighted by atomic mass is 19.4. The Morgan fingerprint density at radius 1 is 0.840 bits per heavy atom. The van der Waals surface area contributed by atoms with Gasteiger partial charge in [-0.15, -0.1) is 0 Å². The van der Waals surface area contributed by atoms with Gasteiger partial charge < -0.3 is 51.3 Å². The molecule has 3 heterocycles. The van der Waals surface area contributed by atoms with Crippen LogP contribution in [0.2, 0.25) is 0 Å². The summed E-state index contributed by atoms with van der Waals surface area (Å²) >= 11 is 0. The molecule has 0 radical (unpaired) electrons. The molecule has 1 spiro atoms. The molecule has 3 aliphatic heterocycles. The molecule has 12 atom stereocenters. The lowest BCUT2D eigenvalue weighted by atomic mass is 9.76. The van der Waals surface area contributed by atoms with Crippen LogP contribution in [0.5, 0.6) is 0 Å². The Kier molecular flexibility index (Phi) is 28.0. The van der Waals surface area contributed by atoms with Crippen molar-refractivity contribution in [1.29, 1.82) is 0 Å². The molecule has 5 rings (SSSR count). The van der Waals surface area contributed by atoms with E-state index in [0.717, 1.165) is 102 Å². The molecule has 4 aliphatic rings. The van der Waals surface area contributed by atoms with Crippen LogP contribution in [0.15, 0.2) is 71.7 Å². The SMILES string of the molecule is CCCOCC1=CN(C)C=CN=C(CCc2ccc(C(F)(F)F)c(F)c2)C=CNCCNCC2(CCCC2)NC(C)[C@H]([C@@H](C)CC)N2C(C)[C@@H](C)C2CNC(C)[C@H](CC(C)C)NC[C@H]([C@@H](C)CC)NC(C)[C@H](C)N2CCCC2=CN1C. The summed E-state index contributed by atoms with van der Waals surface area (Å²) in [6, 6.07) is 6.32. The van der Waals surface area contributed by atoms with Crippen LogP contribution in [0.1, 0.15) is 172 Å². The number of likely N-dealkylation sites (N-methyl/N-ethyl adjacent to an activating group) is 1. The maximum Gasteiger partial charge on any atom is 0.419 e. The molecule has 12 nitrogen and oxygen atoms in total. The van der Waals surface area contributed by atoms with E-state index in [9.17, 15) is 17.6 Å². The average Bonchev–Trinajstić information content (AvgIpc) is 4.26. The van der Waals surface area contributed by atoms with Crippen molar-refractivity contribution in [3.63, 3.8) is 0 Å². The fourth-order valence-corrected chi connectivity index (χ4v) is 13.1. The number of hydrogen-bond acceptors (Lipinski definition) is 12. The molecule has 16 heteroatoms. The molecule has 2 saturated heterocycles. The van der Waals surface area contributed by atoms with Gasteiger partial charge in [-0.25, -0.2) is 4.39 Å². The number of alkyl halides is 3. The molecule has 1 aliphatic carbocycles. The Hall–Kier alpha value is -3.51. The fourth-order valence-electron chi connectivity index (χ4n) is 13.1. The van der Waals surface area contributed by atoms with Crippen molar-refractivity contribution in [2.75, 3.05) is 66.6 Å². The molecule has 3 fully saturated rings. The van der Waals surface area contributed by atoms with Crippen LogP contribution in [0.3, 0.4) is 0 Å². The normalized spacial score (nSPS) is 29.7. The van der Waals surface area contributed by atoms with Crippen molar-refractivity contribution in [3.8, 4) is 0 Å². The van der Waals surface area contributed by atoms with Gasteiger partial charge in [-0.1, -0.05) is 87.1 Å². The number of allylic oxidation sites excluding steroid dienone is 2. The highest BCUT2D eigenvalue weighted by Gasteiger charge is 2.50. The van der Waals surface area contributed by atoms with Gasteiger partial charge in [0, 0.05) is 156 Å². The molecular weight excluding hydrogens is 1030 g/mol. The van der Waals surface area contributed by atoms with E-state index < -0.39 is 17.6 Å². The number of hydrogen-bond donors (Lipinski definition) is 6. The van der Waals surface area contributed by atoms with Crippen LogP contribution in [0, 0.1) is 29.5 Å². The van der Waals surface area contributed by atoms with Gasteiger partial charge in [-0.2, -0.15) is 13.2 Å². The Morgan fingerprint density at radius 2 is 1.57 bits per heavy atom. The standard InChI is InChI=1S/C65H113F4N11O/c1-16-36-81-43-57-41-77(14)35-33-72-55(25-23-54-24-26-58(59(66)38-54)65(67,68)69)27-30-70-31-32-71-44-64(28-19-20-29-64)76-51(11)63(47(7)18-3)80-52(12)48(8)62(80)40-73-50(10)60(37-45(4)5)74-39-61(46(6)17-2)75-49(9)53(13)79-34-21-22-56(79)42-78(57)15/h24,26-27,30,33,35,38,41-42,45-53,60-63,70-71,73-76H,16-23,25,28-29,31-32,34,36-37,39-40,43-44H2,1-15H3/t46-,47-,48+,49?,50?,51?,52?,53-,60-,61+,62?,63-/m0/s1. The van der Waals surface area contributed by atoms with Gasteiger partial charge in [0.1, 0.15) is 5.82 Å². The molecular formula is C65H113F4N11O. The predicted octanol–water partition coefficient (Wildman–Crippen LogP) is 11.6. The largest absolute Gasteiger partial charge is 0.419 e. The van der Waals surface area contributed by atoms with Gasteiger partial charge in [-0.05, 0) is 140 Å². The highest BCUT2D eigenvalue weighted by molar-refractivity contribution is 5.95. The quantitative estimate of drug-likeness (QED) is 0.0840. The minimum absolute atomic E-state index is 0.0201. The lowest BCUT2D eigenvalue weighted by molar-refractivity contribution is -0.140. The first-order valence-electron chi connectivity index (χ1n) is 31.7. The third-order valence-corrected chi connectivity index (χ3v) is 18.8. The summed E-state index contributed by atoms with van der Waals surface area (Å²) in [5.74, 6) is 0.926. The molecule has 1 saturated carbocycles. The predicted molar refractivity (Wildman–Crippen MR) is 330 cm³/mol. The Bertz CT molecular complexity index is 2160. The number of aliphatic imine (C=N–C) groups is 1. The fraction of sp³-hybridized carbons (Fsp3) is 0.769. The Labute approximate surface area is 489 Å². The zero-order chi connectivity index (χ0) is 59.4. The van der Waals surface area contributed by atoms with Crippen molar-refractivity contribution in [2.45, 2.75) is 233 Å². The lowest BCUT2D eigenvalue weighted by Crippen LogP contribution is -2.73. The van der Waals surface area contributed by atoms with E-state index in [-0.39, 0.29) is 17.6 Å². The van der Waals surface area contributed by atoms with E-state index in [4.69, 9.17) is 9.73 Å². The number of benzene rings is 1. The van der Waals surface area contributed by atoms with Gasteiger partial charge >= 0.3 is 6.18 Å². The summed E-state index contributed by atoms with van der Waals surface area (Å²) in [4.78, 5) is 14.5. The molecule has 5 unspecified atom stereocenters. The number of ether oxygens (including phenoxy) is 1.